The molecule has 96 valence electrons. The number of nitrogens with one attached hydrogen (secondary N) is 1. The minimum Gasteiger partial charge on any atom is -0.459 e. The lowest BCUT2D eigenvalue weighted by atomic mass is 10.4. The van der Waals surface area contributed by atoms with E-state index in [0.29, 0.717) is 10.4 Å². The molecule has 0 fully saturated rings. The Morgan fingerprint density at radius 3 is 2.79 bits per heavy atom. The number of carbonyl (C=O) groups excluding carboxylic acids is 1. The van der Waals surface area contributed by atoms with Gasteiger partial charge in [0.25, 0.3) is 11.8 Å². The van der Waals surface area contributed by atoms with Crippen LogP contribution in [-0.4, -0.2) is 16.1 Å². The normalized spacial score (nSPS) is 10.6. The molecule has 3 aromatic heterocycles. The van der Waals surface area contributed by atoms with Crippen molar-refractivity contribution in [1.82, 2.24) is 10.2 Å². The van der Waals surface area contributed by atoms with Gasteiger partial charge in [0.1, 0.15) is 0 Å². The van der Waals surface area contributed by atoms with Crippen molar-refractivity contribution in [2.45, 2.75) is 0 Å². The highest BCUT2D eigenvalue weighted by Gasteiger charge is 2.16. The van der Waals surface area contributed by atoms with E-state index in [1.165, 1.54) is 12.3 Å². The Kier molecular flexibility index (Phi) is 2.92. The zero-order valence-corrected chi connectivity index (χ0v) is 10.9. The molecule has 0 spiro atoms. The van der Waals surface area contributed by atoms with Crippen molar-refractivity contribution in [2.24, 2.45) is 0 Å². The van der Waals surface area contributed by atoms with Crippen molar-refractivity contribution in [2.75, 3.05) is 5.32 Å². The summed E-state index contributed by atoms with van der Waals surface area (Å²) in [6.45, 7) is 0. The van der Waals surface area contributed by atoms with Crippen LogP contribution in [0.3, 0.4) is 0 Å². The van der Waals surface area contributed by atoms with Gasteiger partial charge in [0, 0.05) is 0 Å². The first-order chi connectivity index (χ1) is 9.22. The zero-order chi connectivity index (χ0) is 13.2. The summed E-state index contributed by atoms with van der Waals surface area (Å²) < 4.78 is 15.9. The zero-order valence-electron chi connectivity index (χ0n) is 9.29. The molecular formula is C11H6BrN3O4. The van der Waals surface area contributed by atoms with E-state index in [4.69, 9.17) is 13.3 Å². The lowest BCUT2D eigenvalue weighted by Gasteiger charge is -1.95. The molecule has 0 unspecified atom stereocenters. The van der Waals surface area contributed by atoms with Crippen LogP contribution in [0, 0.1) is 0 Å². The van der Waals surface area contributed by atoms with Gasteiger partial charge in [0.05, 0.1) is 6.26 Å². The first-order valence-electron chi connectivity index (χ1n) is 5.16. The van der Waals surface area contributed by atoms with Crippen LogP contribution in [0.4, 0.5) is 6.01 Å². The summed E-state index contributed by atoms with van der Waals surface area (Å²) in [6.07, 6.45) is 1.48. The first kappa shape index (κ1) is 11.7. The summed E-state index contributed by atoms with van der Waals surface area (Å²) in [6, 6.07) is 6.45. The molecule has 0 radical (unpaired) electrons. The Balaban J connectivity index is 1.76. The van der Waals surface area contributed by atoms with Crippen LogP contribution in [0.5, 0.6) is 0 Å². The van der Waals surface area contributed by atoms with E-state index in [9.17, 15) is 4.79 Å². The van der Waals surface area contributed by atoms with E-state index in [2.05, 4.69) is 31.4 Å². The van der Waals surface area contributed by atoms with Gasteiger partial charge in [-0.05, 0) is 40.2 Å². The predicted molar refractivity (Wildman–Crippen MR) is 66.4 cm³/mol. The van der Waals surface area contributed by atoms with E-state index in [1.54, 1.807) is 18.2 Å². The highest BCUT2D eigenvalue weighted by atomic mass is 79.9. The third-order valence-electron chi connectivity index (χ3n) is 2.17. The number of nitrogens with zero attached hydrogens (tertiary/aromatic N) is 2. The molecule has 3 rings (SSSR count). The maximum absolute atomic E-state index is 11.7. The molecule has 0 atom stereocenters. The average Bonchev–Trinajstić information content (AvgIpc) is 3.07. The monoisotopic (exact) mass is 323 g/mol. The molecule has 0 saturated carbocycles. The number of rotatable bonds is 3. The van der Waals surface area contributed by atoms with Crippen LogP contribution in [0.25, 0.3) is 11.7 Å². The number of hydrogen-bond donors (Lipinski definition) is 1. The van der Waals surface area contributed by atoms with Gasteiger partial charge < -0.3 is 13.3 Å². The summed E-state index contributed by atoms with van der Waals surface area (Å²) >= 11 is 3.11. The molecule has 0 bridgehead atoms. The summed E-state index contributed by atoms with van der Waals surface area (Å²) in [7, 11) is 0. The molecule has 8 heteroatoms. The SMILES string of the molecule is O=C(Nc1nnc(-c2ccco2)o1)c1ccc(Br)o1. The van der Waals surface area contributed by atoms with Crippen LogP contribution in [-0.2, 0) is 0 Å². The third kappa shape index (κ3) is 2.43. The van der Waals surface area contributed by atoms with E-state index in [0.717, 1.165) is 0 Å². The number of hydrogen-bond acceptors (Lipinski definition) is 6. The van der Waals surface area contributed by atoms with Crippen molar-refractivity contribution in [3.05, 3.63) is 41.0 Å². The molecular weight excluding hydrogens is 318 g/mol. The summed E-state index contributed by atoms with van der Waals surface area (Å²) in [5.74, 6) is 0.250. The quantitative estimate of drug-likeness (QED) is 0.796. The number of carbonyl (C=O) groups is 1. The van der Waals surface area contributed by atoms with Gasteiger partial charge in [-0.25, -0.2) is 0 Å². The van der Waals surface area contributed by atoms with Crippen molar-refractivity contribution in [3.63, 3.8) is 0 Å². The summed E-state index contributed by atoms with van der Waals surface area (Å²) in [4.78, 5) is 11.7. The maximum Gasteiger partial charge on any atom is 0.323 e. The Labute approximate surface area is 114 Å². The van der Waals surface area contributed by atoms with E-state index < -0.39 is 5.91 Å². The second-order valence-electron chi connectivity index (χ2n) is 3.45. The van der Waals surface area contributed by atoms with Crippen LogP contribution < -0.4 is 5.32 Å². The number of anilines is 1. The lowest BCUT2D eigenvalue weighted by molar-refractivity contribution is 0.0992. The van der Waals surface area contributed by atoms with E-state index in [-0.39, 0.29) is 17.7 Å². The Bertz CT molecular complexity index is 701. The fourth-order valence-corrected chi connectivity index (χ4v) is 1.68. The van der Waals surface area contributed by atoms with Crippen LogP contribution in [0.15, 0.2) is 48.4 Å². The molecule has 3 heterocycles. The largest absolute Gasteiger partial charge is 0.459 e. The van der Waals surface area contributed by atoms with Gasteiger partial charge in [0.2, 0.25) is 0 Å². The molecule has 7 nitrogen and oxygen atoms in total. The van der Waals surface area contributed by atoms with Crippen molar-refractivity contribution in [1.29, 1.82) is 0 Å². The highest BCUT2D eigenvalue weighted by molar-refractivity contribution is 9.10. The smallest absolute Gasteiger partial charge is 0.323 e. The molecule has 19 heavy (non-hydrogen) atoms. The van der Waals surface area contributed by atoms with Crippen molar-refractivity contribution < 1.29 is 18.0 Å². The first-order valence-corrected chi connectivity index (χ1v) is 5.96. The Morgan fingerprint density at radius 2 is 2.11 bits per heavy atom. The fourth-order valence-electron chi connectivity index (χ4n) is 1.37. The van der Waals surface area contributed by atoms with Gasteiger partial charge in [0.15, 0.2) is 16.2 Å². The highest BCUT2D eigenvalue weighted by Crippen LogP contribution is 2.20. The van der Waals surface area contributed by atoms with Crippen molar-refractivity contribution in [3.8, 4) is 11.7 Å². The summed E-state index contributed by atoms with van der Waals surface area (Å²) in [5.41, 5.74) is 0. The topological polar surface area (TPSA) is 94.3 Å². The summed E-state index contributed by atoms with van der Waals surface area (Å²) in [5, 5.41) is 9.85. The lowest BCUT2D eigenvalue weighted by Crippen LogP contribution is -2.10. The number of furan rings is 2. The average molecular weight is 324 g/mol. The van der Waals surface area contributed by atoms with Gasteiger partial charge in [-0.2, -0.15) is 0 Å². The standard InChI is InChI=1S/C11H6BrN3O4/c12-8-4-3-6(18-8)9(16)13-11-15-14-10(19-11)7-2-1-5-17-7/h1-5H,(H,13,15,16). The minimum atomic E-state index is -0.486. The Morgan fingerprint density at radius 1 is 1.21 bits per heavy atom. The fraction of sp³-hybridized carbons (Fsp3) is 0. The molecule has 0 aromatic carbocycles. The van der Waals surface area contributed by atoms with E-state index in [1.807, 2.05) is 0 Å². The molecule has 0 aliphatic rings. The molecule has 0 aliphatic carbocycles. The van der Waals surface area contributed by atoms with E-state index >= 15 is 0 Å². The van der Waals surface area contributed by atoms with Gasteiger partial charge in [-0.1, -0.05) is 5.10 Å². The minimum absolute atomic E-state index is 0.0380. The van der Waals surface area contributed by atoms with Crippen LogP contribution in [0.2, 0.25) is 0 Å². The second kappa shape index (κ2) is 4.73. The van der Waals surface area contributed by atoms with Crippen LogP contribution >= 0.6 is 15.9 Å². The second-order valence-corrected chi connectivity index (χ2v) is 4.23. The Hall–Kier alpha value is -2.35. The number of amides is 1. The predicted octanol–water partition coefficient (Wildman–Crippen LogP) is 2.94. The van der Waals surface area contributed by atoms with Gasteiger partial charge in [-0.15, -0.1) is 5.10 Å². The molecule has 1 amide bonds. The van der Waals surface area contributed by atoms with Crippen LogP contribution in [0.1, 0.15) is 10.6 Å². The number of halogens is 1. The molecule has 0 saturated heterocycles. The van der Waals surface area contributed by atoms with Crippen molar-refractivity contribution >= 4 is 27.9 Å². The van der Waals surface area contributed by atoms with Gasteiger partial charge >= 0.3 is 6.01 Å². The number of aromatic nitrogens is 2. The molecule has 1 N–H and O–H groups in total. The molecule has 3 aromatic rings. The third-order valence-corrected chi connectivity index (χ3v) is 2.60. The van der Waals surface area contributed by atoms with Gasteiger partial charge in [-0.3, -0.25) is 10.1 Å². The maximum atomic E-state index is 11.7. The molecule has 0 aliphatic heterocycles.